The first-order valence-corrected chi connectivity index (χ1v) is 6.04. The van der Waals surface area contributed by atoms with E-state index >= 15 is 0 Å². The maximum Gasteiger partial charge on any atom is 0.261 e. The molecule has 92 valence electrons. The lowest BCUT2D eigenvalue weighted by atomic mass is 10.2. The molecular weight excluding hydrogens is 256 g/mol. The van der Waals surface area contributed by atoms with Crippen LogP contribution >= 0.6 is 23.7 Å². The first-order valence-electron chi connectivity index (χ1n) is 5.22. The molecule has 0 atom stereocenters. The van der Waals surface area contributed by atoms with Crippen LogP contribution in [0.25, 0.3) is 10.1 Å². The molecule has 0 saturated carbocycles. The van der Waals surface area contributed by atoms with Crippen LogP contribution in [0.3, 0.4) is 0 Å². The SMILES string of the molecule is CNCCNC(=O)c1cc2ccccc2s1.Cl. The second-order valence-electron chi connectivity index (χ2n) is 3.51. The Bertz CT molecular complexity index is 465. The van der Waals surface area contributed by atoms with E-state index in [4.69, 9.17) is 0 Å². The predicted octanol–water partition coefficient (Wildman–Crippen LogP) is 2.27. The average Bonchev–Trinajstić information content (AvgIpc) is 2.73. The zero-order valence-corrected chi connectivity index (χ0v) is 11.2. The molecule has 1 amide bonds. The zero-order chi connectivity index (χ0) is 11.4. The molecule has 0 bridgehead atoms. The molecule has 0 fully saturated rings. The fourth-order valence-electron chi connectivity index (χ4n) is 1.48. The molecule has 2 rings (SSSR count). The number of thiophene rings is 1. The van der Waals surface area contributed by atoms with Crippen molar-refractivity contribution in [1.82, 2.24) is 10.6 Å². The standard InChI is InChI=1S/C12H14N2OS.ClH/c1-13-6-7-14-12(15)11-8-9-4-2-3-5-10(9)16-11;/h2-5,8,13H,6-7H2,1H3,(H,14,15);1H. The first kappa shape index (κ1) is 14.0. The minimum absolute atomic E-state index is 0. The molecule has 0 unspecified atom stereocenters. The maximum absolute atomic E-state index is 11.8. The molecule has 0 aliphatic rings. The Kier molecular flexibility index (Phi) is 5.41. The summed E-state index contributed by atoms with van der Waals surface area (Å²) in [5, 5.41) is 6.99. The van der Waals surface area contributed by atoms with Crippen LogP contribution in [0.2, 0.25) is 0 Å². The van der Waals surface area contributed by atoms with Crippen molar-refractivity contribution in [2.75, 3.05) is 20.1 Å². The monoisotopic (exact) mass is 270 g/mol. The number of fused-ring (bicyclic) bond motifs is 1. The van der Waals surface area contributed by atoms with Crippen molar-refractivity contribution in [3.05, 3.63) is 35.2 Å². The van der Waals surface area contributed by atoms with Gasteiger partial charge in [0, 0.05) is 17.8 Å². The molecule has 0 aliphatic carbocycles. The molecular formula is C12H15ClN2OS. The van der Waals surface area contributed by atoms with E-state index in [2.05, 4.69) is 10.6 Å². The highest BCUT2D eigenvalue weighted by Gasteiger charge is 2.08. The second-order valence-corrected chi connectivity index (χ2v) is 4.59. The molecule has 5 heteroatoms. The van der Waals surface area contributed by atoms with Gasteiger partial charge in [0.15, 0.2) is 0 Å². The van der Waals surface area contributed by atoms with Crippen molar-refractivity contribution in [2.24, 2.45) is 0 Å². The molecule has 0 radical (unpaired) electrons. The van der Waals surface area contributed by atoms with Gasteiger partial charge in [-0.2, -0.15) is 0 Å². The Morgan fingerprint density at radius 3 is 2.76 bits per heavy atom. The summed E-state index contributed by atoms with van der Waals surface area (Å²) in [6, 6.07) is 9.97. The fourth-order valence-corrected chi connectivity index (χ4v) is 2.46. The van der Waals surface area contributed by atoms with E-state index in [1.807, 2.05) is 37.4 Å². The van der Waals surface area contributed by atoms with Crippen LogP contribution < -0.4 is 10.6 Å². The molecule has 1 heterocycles. The zero-order valence-electron chi connectivity index (χ0n) is 9.53. The molecule has 1 aromatic carbocycles. The fraction of sp³-hybridized carbons (Fsp3) is 0.250. The number of nitrogens with one attached hydrogen (secondary N) is 2. The van der Waals surface area contributed by atoms with Crippen molar-refractivity contribution in [2.45, 2.75) is 0 Å². The minimum atomic E-state index is 0. The van der Waals surface area contributed by atoms with Crippen LogP contribution in [0.1, 0.15) is 9.67 Å². The summed E-state index contributed by atoms with van der Waals surface area (Å²) in [7, 11) is 1.87. The summed E-state index contributed by atoms with van der Waals surface area (Å²) in [6.07, 6.45) is 0. The van der Waals surface area contributed by atoms with Crippen LogP contribution in [0, 0.1) is 0 Å². The highest BCUT2D eigenvalue weighted by atomic mass is 35.5. The number of rotatable bonds is 4. The Balaban J connectivity index is 0.00000144. The number of amides is 1. The number of likely N-dealkylation sites (N-methyl/N-ethyl adjacent to an activating group) is 1. The van der Waals surface area contributed by atoms with Gasteiger partial charge in [-0.1, -0.05) is 18.2 Å². The van der Waals surface area contributed by atoms with E-state index < -0.39 is 0 Å². The van der Waals surface area contributed by atoms with E-state index in [1.54, 1.807) is 0 Å². The largest absolute Gasteiger partial charge is 0.350 e. The summed E-state index contributed by atoms with van der Waals surface area (Å²) in [6.45, 7) is 1.44. The van der Waals surface area contributed by atoms with Gasteiger partial charge >= 0.3 is 0 Å². The lowest BCUT2D eigenvalue weighted by Gasteiger charge is -2.01. The Labute approximate surface area is 111 Å². The summed E-state index contributed by atoms with van der Waals surface area (Å²) >= 11 is 1.53. The van der Waals surface area contributed by atoms with Gasteiger partial charge in [0.05, 0.1) is 4.88 Å². The number of hydrogen-bond acceptors (Lipinski definition) is 3. The highest BCUT2D eigenvalue weighted by Crippen LogP contribution is 2.24. The van der Waals surface area contributed by atoms with Crippen LogP contribution in [-0.2, 0) is 0 Å². The molecule has 0 aliphatic heterocycles. The smallest absolute Gasteiger partial charge is 0.261 e. The first-order chi connectivity index (χ1) is 7.81. The number of benzene rings is 1. The van der Waals surface area contributed by atoms with Gasteiger partial charge in [0.25, 0.3) is 5.91 Å². The Morgan fingerprint density at radius 2 is 2.06 bits per heavy atom. The van der Waals surface area contributed by atoms with Gasteiger partial charge in [0.1, 0.15) is 0 Å². The van der Waals surface area contributed by atoms with Crippen LogP contribution in [0.5, 0.6) is 0 Å². The lowest BCUT2D eigenvalue weighted by Crippen LogP contribution is -2.29. The molecule has 2 aromatic rings. The number of hydrogen-bond donors (Lipinski definition) is 2. The summed E-state index contributed by atoms with van der Waals surface area (Å²) < 4.78 is 1.15. The minimum Gasteiger partial charge on any atom is -0.350 e. The predicted molar refractivity (Wildman–Crippen MR) is 75.3 cm³/mol. The van der Waals surface area contributed by atoms with Crippen LogP contribution in [-0.4, -0.2) is 26.0 Å². The van der Waals surface area contributed by atoms with Crippen molar-refractivity contribution in [3.63, 3.8) is 0 Å². The third-order valence-corrected chi connectivity index (χ3v) is 3.42. The maximum atomic E-state index is 11.8. The number of halogens is 1. The lowest BCUT2D eigenvalue weighted by molar-refractivity contribution is 0.0958. The average molecular weight is 271 g/mol. The highest BCUT2D eigenvalue weighted by molar-refractivity contribution is 7.20. The van der Waals surface area contributed by atoms with Crippen molar-refractivity contribution < 1.29 is 4.79 Å². The molecule has 2 N–H and O–H groups in total. The third kappa shape index (κ3) is 3.43. The summed E-state index contributed by atoms with van der Waals surface area (Å²) in [4.78, 5) is 12.5. The summed E-state index contributed by atoms with van der Waals surface area (Å²) in [5.74, 6) is 0.0106. The van der Waals surface area contributed by atoms with Crippen molar-refractivity contribution in [3.8, 4) is 0 Å². The van der Waals surface area contributed by atoms with Gasteiger partial charge in [-0.25, -0.2) is 0 Å². The summed E-state index contributed by atoms with van der Waals surface area (Å²) in [5.41, 5.74) is 0. The molecule has 0 saturated heterocycles. The van der Waals surface area contributed by atoms with Crippen LogP contribution in [0.15, 0.2) is 30.3 Å². The van der Waals surface area contributed by atoms with E-state index in [9.17, 15) is 4.79 Å². The molecule has 1 aromatic heterocycles. The third-order valence-electron chi connectivity index (χ3n) is 2.31. The van der Waals surface area contributed by atoms with Crippen LogP contribution in [0.4, 0.5) is 0 Å². The molecule has 0 spiro atoms. The number of carbonyl (C=O) groups is 1. The van der Waals surface area contributed by atoms with E-state index in [0.717, 1.165) is 21.5 Å². The van der Waals surface area contributed by atoms with Gasteiger partial charge in [-0.15, -0.1) is 23.7 Å². The topological polar surface area (TPSA) is 41.1 Å². The van der Waals surface area contributed by atoms with Gasteiger partial charge in [-0.05, 0) is 24.6 Å². The number of carbonyl (C=O) groups excluding carboxylic acids is 1. The Hall–Kier alpha value is -1.10. The van der Waals surface area contributed by atoms with Gasteiger partial charge < -0.3 is 10.6 Å². The molecule has 17 heavy (non-hydrogen) atoms. The molecule has 3 nitrogen and oxygen atoms in total. The van der Waals surface area contributed by atoms with Gasteiger partial charge in [-0.3, -0.25) is 4.79 Å². The Morgan fingerprint density at radius 1 is 1.29 bits per heavy atom. The second kappa shape index (κ2) is 6.59. The van der Waals surface area contributed by atoms with E-state index in [1.165, 1.54) is 11.3 Å². The van der Waals surface area contributed by atoms with Crippen molar-refractivity contribution >= 4 is 39.7 Å². The van der Waals surface area contributed by atoms with Crippen molar-refractivity contribution in [1.29, 1.82) is 0 Å². The van der Waals surface area contributed by atoms with Gasteiger partial charge in [0.2, 0.25) is 0 Å². The normalized spacial score (nSPS) is 9.94. The quantitative estimate of drug-likeness (QED) is 0.837. The van der Waals surface area contributed by atoms with E-state index in [0.29, 0.717) is 6.54 Å². The van der Waals surface area contributed by atoms with E-state index in [-0.39, 0.29) is 18.3 Å².